The molecule has 0 bridgehead atoms. The highest BCUT2D eigenvalue weighted by molar-refractivity contribution is 5.43. The van der Waals surface area contributed by atoms with Crippen molar-refractivity contribution in [2.75, 3.05) is 0 Å². The smallest absolute Gasteiger partial charge is 0.145 e. The van der Waals surface area contributed by atoms with Crippen molar-refractivity contribution >= 4 is 0 Å². The second-order valence-corrected chi connectivity index (χ2v) is 6.83. The first-order chi connectivity index (χ1) is 12.1. The van der Waals surface area contributed by atoms with Crippen LogP contribution in [0.1, 0.15) is 69.4 Å². The quantitative estimate of drug-likeness (QED) is 0.467. The molecule has 0 unspecified atom stereocenters. The minimum absolute atomic E-state index is 0.248. The molecule has 0 aromatic heterocycles. The van der Waals surface area contributed by atoms with Crippen LogP contribution in [0.15, 0.2) is 24.3 Å². The first kappa shape index (κ1) is 19.2. The van der Waals surface area contributed by atoms with E-state index in [1.165, 1.54) is 57.4 Å². The molecular formula is C22H25F2N. The monoisotopic (exact) mass is 341 g/mol. The van der Waals surface area contributed by atoms with Crippen LogP contribution in [-0.4, -0.2) is 0 Å². The molecule has 0 radical (unpaired) electrons. The molecule has 0 spiro atoms. The Morgan fingerprint density at radius 2 is 1.80 bits per heavy atom. The van der Waals surface area contributed by atoms with Crippen LogP contribution in [0.25, 0.3) is 0 Å². The molecule has 1 aliphatic rings. The Labute approximate surface area is 149 Å². The molecule has 1 aromatic carbocycles. The molecule has 1 aromatic rings. The second kappa shape index (κ2) is 10.00. The molecular weight excluding hydrogens is 316 g/mol. The van der Waals surface area contributed by atoms with Gasteiger partial charge in [0.1, 0.15) is 23.3 Å². The van der Waals surface area contributed by atoms with E-state index >= 15 is 0 Å². The van der Waals surface area contributed by atoms with Crippen LogP contribution in [0.5, 0.6) is 0 Å². The van der Waals surface area contributed by atoms with Gasteiger partial charge >= 0.3 is 0 Å². The summed E-state index contributed by atoms with van der Waals surface area (Å²) >= 11 is 0. The van der Waals surface area contributed by atoms with Crippen molar-refractivity contribution in [3.05, 3.63) is 47.0 Å². The predicted octanol–water partition coefficient (Wildman–Crippen LogP) is 6.13. The molecule has 1 nitrogen and oxygen atoms in total. The molecule has 0 saturated heterocycles. The highest BCUT2D eigenvalue weighted by Gasteiger charge is 2.18. The third kappa shape index (κ3) is 6.02. The van der Waals surface area contributed by atoms with Crippen LogP contribution < -0.4 is 0 Å². The van der Waals surface area contributed by atoms with Crippen molar-refractivity contribution in [2.45, 2.75) is 58.3 Å². The predicted molar refractivity (Wildman–Crippen MR) is 96.7 cm³/mol. The fraction of sp³-hybridized carbons (Fsp3) is 0.500. The number of rotatable bonds is 5. The molecule has 0 N–H and O–H groups in total. The van der Waals surface area contributed by atoms with Gasteiger partial charge in [0.2, 0.25) is 0 Å². The Morgan fingerprint density at radius 1 is 1.12 bits per heavy atom. The molecule has 1 saturated carbocycles. The van der Waals surface area contributed by atoms with Crippen molar-refractivity contribution in [3.63, 3.8) is 0 Å². The van der Waals surface area contributed by atoms with E-state index in [0.29, 0.717) is 5.92 Å². The summed E-state index contributed by atoms with van der Waals surface area (Å²) in [6.07, 6.45) is 14.2. The van der Waals surface area contributed by atoms with Crippen molar-refractivity contribution in [2.24, 2.45) is 11.8 Å². The van der Waals surface area contributed by atoms with Crippen molar-refractivity contribution in [1.82, 2.24) is 0 Å². The standard InChI is InChI=1S/C22H25F2N/c1-2-3-4-7-17-10-12-18(13-11-17)8-5-6-9-19-14-21(23)20(16-25)22(24)15-19/h5,8,14-15,17-18H,2-4,7,10-13H2,1H3. The fourth-order valence-electron chi connectivity index (χ4n) is 3.41. The van der Waals surface area contributed by atoms with Crippen molar-refractivity contribution < 1.29 is 8.78 Å². The van der Waals surface area contributed by atoms with Crippen LogP contribution in [-0.2, 0) is 0 Å². The van der Waals surface area contributed by atoms with Crippen LogP contribution in [0.3, 0.4) is 0 Å². The Morgan fingerprint density at radius 3 is 2.40 bits per heavy atom. The molecule has 132 valence electrons. The maximum absolute atomic E-state index is 13.5. The highest BCUT2D eigenvalue weighted by Crippen LogP contribution is 2.32. The second-order valence-electron chi connectivity index (χ2n) is 6.83. The van der Waals surface area contributed by atoms with E-state index in [2.05, 4.69) is 24.8 Å². The molecule has 0 heterocycles. The zero-order valence-corrected chi connectivity index (χ0v) is 14.8. The van der Waals surface area contributed by atoms with E-state index in [1.54, 1.807) is 6.08 Å². The molecule has 25 heavy (non-hydrogen) atoms. The molecule has 3 heteroatoms. The van der Waals surface area contributed by atoms with Gasteiger partial charge in [0.15, 0.2) is 0 Å². The summed E-state index contributed by atoms with van der Waals surface area (Å²) in [5.41, 5.74) is -0.310. The third-order valence-corrected chi connectivity index (χ3v) is 4.93. The van der Waals surface area contributed by atoms with Crippen LogP contribution >= 0.6 is 0 Å². The molecule has 1 fully saturated rings. The summed E-state index contributed by atoms with van der Waals surface area (Å²) in [6, 6.07) is 3.71. The molecule has 0 amide bonds. The van der Waals surface area contributed by atoms with Gasteiger partial charge in [-0.25, -0.2) is 8.78 Å². The van der Waals surface area contributed by atoms with Gasteiger partial charge in [-0.2, -0.15) is 5.26 Å². The van der Waals surface area contributed by atoms with E-state index in [4.69, 9.17) is 5.26 Å². The van der Waals surface area contributed by atoms with Gasteiger partial charge in [0.05, 0.1) is 0 Å². The van der Waals surface area contributed by atoms with E-state index in [1.807, 2.05) is 0 Å². The largest absolute Gasteiger partial charge is 0.205 e. The topological polar surface area (TPSA) is 23.8 Å². The lowest BCUT2D eigenvalue weighted by molar-refractivity contribution is 0.289. The summed E-state index contributed by atoms with van der Waals surface area (Å²) in [7, 11) is 0. The Bertz CT molecular complexity index is 672. The number of allylic oxidation sites excluding steroid dienone is 2. The lowest BCUT2D eigenvalue weighted by Crippen LogP contribution is -2.12. The number of nitriles is 1. The lowest BCUT2D eigenvalue weighted by Gasteiger charge is -2.26. The average molecular weight is 341 g/mol. The van der Waals surface area contributed by atoms with Crippen molar-refractivity contribution in [3.8, 4) is 17.9 Å². The van der Waals surface area contributed by atoms with Gasteiger partial charge in [-0.15, -0.1) is 0 Å². The van der Waals surface area contributed by atoms with Gasteiger partial charge < -0.3 is 0 Å². The number of halogens is 2. The van der Waals surface area contributed by atoms with Gasteiger partial charge in [-0.1, -0.05) is 50.5 Å². The van der Waals surface area contributed by atoms with Crippen LogP contribution in [0.2, 0.25) is 0 Å². The number of nitrogens with zero attached hydrogens (tertiary/aromatic N) is 1. The first-order valence-electron chi connectivity index (χ1n) is 9.21. The van der Waals surface area contributed by atoms with Crippen molar-refractivity contribution in [1.29, 1.82) is 5.26 Å². The fourth-order valence-corrected chi connectivity index (χ4v) is 3.41. The minimum atomic E-state index is -0.864. The normalized spacial score (nSPS) is 20.1. The zero-order valence-electron chi connectivity index (χ0n) is 14.8. The third-order valence-electron chi connectivity index (χ3n) is 4.93. The summed E-state index contributed by atoms with van der Waals surface area (Å²) in [5.74, 6) is 5.30. The highest BCUT2D eigenvalue weighted by atomic mass is 19.1. The lowest BCUT2D eigenvalue weighted by atomic mass is 9.79. The average Bonchev–Trinajstić information content (AvgIpc) is 2.60. The Kier molecular flexibility index (Phi) is 7.68. The summed E-state index contributed by atoms with van der Waals surface area (Å²) in [5, 5.41) is 8.65. The number of hydrogen-bond acceptors (Lipinski definition) is 1. The van der Waals surface area contributed by atoms with E-state index in [-0.39, 0.29) is 5.56 Å². The zero-order chi connectivity index (χ0) is 18.1. The number of hydrogen-bond donors (Lipinski definition) is 0. The van der Waals surface area contributed by atoms with Gasteiger partial charge in [-0.05, 0) is 55.7 Å². The number of unbranched alkanes of at least 4 members (excludes halogenated alkanes) is 2. The molecule has 0 aliphatic heterocycles. The van der Waals surface area contributed by atoms with E-state index in [9.17, 15) is 8.78 Å². The van der Waals surface area contributed by atoms with E-state index < -0.39 is 17.2 Å². The first-order valence-corrected chi connectivity index (χ1v) is 9.21. The van der Waals surface area contributed by atoms with Crippen LogP contribution in [0.4, 0.5) is 8.78 Å². The maximum atomic E-state index is 13.5. The Hall–Kier alpha value is -2.13. The van der Waals surface area contributed by atoms with Crippen LogP contribution in [0, 0.1) is 46.6 Å². The Balaban J connectivity index is 1.83. The number of benzene rings is 1. The van der Waals surface area contributed by atoms with Gasteiger partial charge in [0, 0.05) is 5.56 Å². The van der Waals surface area contributed by atoms with E-state index in [0.717, 1.165) is 18.1 Å². The maximum Gasteiger partial charge on any atom is 0.145 e. The summed E-state index contributed by atoms with van der Waals surface area (Å²) in [4.78, 5) is 0. The molecule has 2 rings (SSSR count). The summed E-state index contributed by atoms with van der Waals surface area (Å²) in [6.45, 7) is 2.24. The summed E-state index contributed by atoms with van der Waals surface area (Å²) < 4.78 is 27.0. The van der Waals surface area contributed by atoms with Gasteiger partial charge in [-0.3, -0.25) is 0 Å². The molecule has 0 atom stereocenters. The van der Waals surface area contributed by atoms with Gasteiger partial charge in [0.25, 0.3) is 0 Å². The SMILES string of the molecule is CCCCCC1CCC(C=CC#Cc2cc(F)c(C#N)c(F)c2)CC1. The minimum Gasteiger partial charge on any atom is -0.205 e. The molecule has 1 aliphatic carbocycles.